The average molecular weight is 604 g/mol. The first-order valence-electron chi connectivity index (χ1n) is 15.6. The van der Waals surface area contributed by atoms with Crippen molar-refractivity contribution in [1.82, 2.24) is 15.2 Å². The fourth-order valence-corrected chi connectivity index (χ4v) is 7.00. The molecule has 2 aromatic carbocycles. The zero-order chi connectivity index (χ0) is 31.5. The number of piperazine rings is 1. The lowest BCUT2D eigenvalue weighted by Crippen LogP contribution is -2.55. The van der Waals surface area contributed by atoms with E-state index in [1.807, 2.05) is 0 Å². The molecule has 2 amide bonds. The van der Waals surface area contributed by atoms with Crippen LogP contribution in [0, 0.1) is 29.6 Å². The molecule has 2 fully saturated rings. The highest BCUT2D eigenvalue weighted by atomic mass is 16.5. The molecule has 45 heavy (non-hydrogen) atoms. The largest absolute Gasteiger partial charge is 0.474 e. The molecule has 230 valence electrons. The zero-order valence-corrected chi connectivity index (χ0v) is 25.6. The van der Waals surface area contributed by atoms with Gasteiger partial charge in [-0.15, -0.1) is 0 Å². The number of piperidine rings is 1. The number of carbonyl (C=O) groups is 2. The van der Waals surface area contributed by atoms with Crippen molar-refractivity contribution < 1.29 is 14.3 Å². The van der Waals surface area contributed by atoms with Crippen LogP contribution in [0.3, 0.4) is 0 Å². The first-order valence-corrected chi connectivity index (χ1v) is 15.6. The Morgan fingerprint density at radius 3 is 2.73 bits per heavy atom. The van der Waals surface area contributed by atoms with E-state index < -0.39 is 0 Å². The van der Waals surface area contributed by atoms with Crippen LogP contribution in [0.25, 0.3) is 10.8 Å². The molecule has 1 N–H and O–H groups in total. The Labute approximate surface area is 263 Å². The van der Waals surface area contributed by atoms with Crippen LogP contribution in [0.5, 0.6) is 5.88 Å². The molecule has 6 rings (SSSR count). The van der Waals surface area contributed by atoms with Crippen LogP contribution in [-0.2, 0) is 22.6 Å². The Bertz CT molecular complexity index is 1730. The Morgan fingerprint density at radius 1 is 1.16 bits per heavy atom. The lowest BCUT2D eigenvalue weighted by molar-refractivity contribution is -0.128. The number of fused-ring (bicyclic) bond motifs is 2. The average Bonchev–Trinajstić information content (AvgIpc) is 3.06. The molecule has 1 unspecified atom stereocenters. The van der Waals surface area contributed by atoms with Gasteiger partial charge >= 0.3 is 0 Å². The first-order chi connectivity index (χ1) is 21.9. The summed E-state index contributed by atoms with van der Waals surface area (Å²) < 4.78 is 6.27. The number of nitrogens with zero attached hydrogens (tertiary/aromatic N) is 6. The van der Waals surface area contributed by atoms with Crippen LogP contribution in [0.2, 0.25) is 0 Å². The van der Waals surface area contributed by atoms with Crippen LogP contribution in [-0.4, -0.2) is 66.6 Å². The molecule has 10 nitrogen and oxygen atoms in total. The second-order valence-corrected chi connectivity index (χ2v) is 12.0. The Morgan fingerprint density at radius 2 is 1.98 bits per heavy atom. The van der Waals surface area contributed by atoms with Crippen LogP contribution >= 0.6 is 0 Å². The molecule has 0 bridgehead atoms. The molecular weight excluding hydrogens is 566 g/mol. The molecule has 2 saturated heterocycles. The van der Waals surface area contributed by atoms with Crippen molar-refractivity contribution in [2.45, 2.75) is 57.7 Å². The maximum atomic E-state index is 12.6. The summed E-state index contributed by atoms with van der Waals surface area (Å²) in [7, 11) is 0. The van der Waals surface area contributed by atoms with Gasteiger partial charge in [-0.25, -0.2) is 4.98 Å². The standard InChI is InChI=1S/C35H37N7O3/c1-3-32(44)42-18-17-41(20-26(42)13-15-36)34-27-14-16-40(30-11-5-9-24-8-4-7-23(2)33(24)30)21-29(27)39-35(28(34)19-37)45-22-25-10-6-12-31(43)38-25/h3-5,7-9,11,25-26H,1,6,10,12-14,16-18,20-22H2,2H3,(H,38,43)/t25?,26-/m0/s1. The monoisotopic (exact) mass is 603 g/mol. The van der Waals surface area contributed by atoms with Crippen molar-refractivity contribution in [3.8, 4) is 18.0 Å². The van der Waals surface area contributed by atoms with Gasteiger partial charge in [-0.05, 0) is 49.3 Å². The summed E-state index contributed by atoms with van der Waals surface area (Å²) in [5.41, 5.74) is 5.30. The normalized spacial score (nSPS) is 19.7. The lowest BCUT2D eigenvalue weighted by Gasteiger charge is -2.43. The van der Waals surface area contributed by atoms with E-state index in [2.05, 4.69) is 77.2 Å². The van der Waals surface area contributed by atoms with Gasteiger partial charge in [0.25, 0.3) is 0 Å². The van der Waals surface area contributed by atoms with Crippen molar-refractivity contribution in [1.29, 1.82) is 10.5 Å². The number of pyridine rings is 1. The summed E-state index contributed by atoms with van der Waals surface area (Å²) in [6.07, 6.45) is 4.23. The number of benzene rings is 2. The van der Waals surface area contributed by atoms with Gasteiger partial charge in [0, 0.05) is 49.2 Å². The van der Waals surface area contributed by atoms with Gasteiger partial charge < -0.3 is 24.8 Å². The van der Waals surface area contributed by atoms with Crippen LogP contribution in [0.15, 0.2) is 49.1 Å². The molecule has 10 heteroatoms. The van der Waals surface area contributed by atoms with E-state index in [-0.39, 0.29) is 42.8 Å². The van der Waals surface area contributed by atoms with E-state index in [4.69, 9.17) is 9.72 Å². The predicted octanol–water partition coefficient (Wildman–Crippen LogP) is 4.14. The molecule has 0 saturated carbocycles. The quantitative estimate of drug-likeness (QED) is 0.400. The minimum Gasteiger partial charge on any atom is -0.474 e. The smallest absolute Gasteiger partial charge is 0.246 e. The van der Waals surface area contributed by atoms with Crippen LogP contribution < -0.4 is 19.9 Å². The molecule has 0 spiro atoms. The fraction of sp³-hybridized carbons (Fsp3) is 0.400. The van der Waals surface area contributed by atoms with E-state index in [0.29, 0.717) is 44.6 Å². The number of nitrogens with one attached hydrogen (secondary N) is 1. The molecule has 3 aliphatic heterocycles. The van der Waals surface area contributed by atoms with Crippen molar-refractivity contribution in [3.05, 3.63) is 71.4 Å². The second kappa shape index (κ2) is 12.9. The van der Waals surface area contributed by atoms with Crippen LogP contribution in [0.4, 0.5) is 11.4 Å². The highest BCUT2D eigenvalue weighted by molar-refractivity contribution is 5.97. The van der Waals surface area contributed by atoms with E-state index in [9.17, 15) is 20.1 Å². The molecule has 0 radical (unpaired) electrons. The summed E-state index contributed by atoms with van der Waals surface area (Å²) in [4.78, 5) is 35.8. The maximum absolute atomic E-state index is 12.6. The number of anilines is 2. The highest BCUT2D eigenvalue weighted by Gasteiger charge is 2.35. The summed E-state index contributed by atoms with van der Waals surface area (Å²) in [5, 5.41) is 25.5. The third kappa shape index (κ3) is 5.88. The Hall–Kier alpha value is -5.09. The summed E-state index contributed by atoms with van der Waals surface area (Å²) in [6, 6.07) is 16.8. The number of ether oxygens (including phenoxy) is 1. The third-order valence-electron chi connectivity index (χ3n) is 9.16. The summed E-state index contributed by atoms with van der Waals surface area (Å²) in [5.74, 6) is 0.0566. The number of aryl methyl sites for hydroxylation is 1. The number of aromatic nitrogens is 1. The van der Waals surface area contributed by atoms with Crippen molar-refractivity contribution in [3.63, 3.8) is 0 Å². The predicted molar refractivity (Wildman–Crippen MR) is 172 cm³/mol. The number of hydrogen-bond donors (Lipinski definition) is 1. The summed E-state index contributed by atoms with van der Waals surface area (Å²) >= 11 is 0. The van der Waals surface area contributed by atoms with Crippen LogP contribution in [0.1, 0.15) is 48.1 Å². The van der Waals surface area contributed by atoms with Gasteiger partial charge in [-0.2, -0.15) is 10.5 Å². The molecule has 2 atom stereocenters. The van der Waals surface area contributed by atoms with E-state index >= 15 is 0 Å². The van der Waals surface area contributed by atoms with Crippen molar-refractivity contribution in [2.24, 2.45) is 0 Å². The van der Waals surface area contributed by atoms with Gasteiger partial charge in [-0.1, -0.05) is 36.9 Å². The van der Waals surface area contributed by atoms with Gasteiger partial charge in [0.05, 0.1) is 42.5 Å². The van der Waals surface area contributed by atoms with E-state index in [0.717, 1.165) is 42.0 Å². The third-order valence-corrected chi connectivity index (χ3v) is 9.16. The number of amides is 2. The molecule has 4 heterocycles. The molecule has 0 aliphatic carbocycles. The van der Waals surface area contributed by atoms with Gasteiger partial charge in [0.2, 0.25) is 17.7 Å². The van der Waals surface area contributed by atoms with Gasteiger partial charge in [0.15, 0.2) is 0 Å². The molecular formula is C35H37N7O3. The van der Waals surface area contributed by atoms with E-state index in [1.165, 1.54) is 22.4 Å². The Kier molecular flexibility index (Phi) is 8.57. The zero-order valence-electron chi connectivity index (χ0n) is 25.6. The number of rotatable bonds is 7. The Balaban J connectivity index is 1.40. The minimum absolute atomic E-state index is 0.00551. The number of carbonyl (C=O) groups excluding carboxylic acids is 2. The van der Waals surface area contributed by atoms with Crippen molar-refractivity contribution in [2.75, 3.05) is 42.6 Å². The van der Waals surface area contributed by atoms with Crippen molar-refractivity contribution >= 4 is 34.0 Å². The van der Waals surface area contributed by atoms with Gasteiger partial charge in [-0.3, -0.25) is 9.59 Å². The molecule has 3 aliphatic rings. The maximum Gasteiger partial charge on any atom is 0.246 e. The van der Waals surface area contributed by atoms with E-state index in [1.54, 1.807) is 4.90 Å². The van der Waals surface area contributed by atoms with Gasteiger partial charge in [0.1, 0.15) is 18.2 Å². The molecule has 3 aromatic rings. The first kappa shape index (κ1) is 30.0. The SMILES string of the molecule is C=CC(=O)N1CCN(c2c(C#N)c(OCC3CCCC(=O)N3)nc3c2CCN(c2cccc4cccc(C)c24)C3)C[C@@H]1CC#N. The minimum atomic E-state index is -0.342. The fourth-order valence-electron chi connectivity index (χ4n) is 7.00. The topological polar surface area (TPSA) is 126 Å². The molecule has 1 aromatic heterocycles. The summed E-state index contributed by atoms with van der Waals surface area (Å²) in [6.45, 7) is 8.57. The number of nitriles is 2. The highest BCUT2D eigenvalue weighted by Crippen LogP contribution is 2.40. The number of hydrogen-bond acceptors (Lipinski definition) is 8. The lowest BCUT2D eigenvalue weighted by atomic mass is 9.95. The second-order valence-electron chi connectivity index (χ2n) is 12.0.